The lowest BCUT2D eigenvalue weighted by Crippen LogP contribution is -2.10. The molecule has 0 bridgehead atoms. The standard InChI is InChI=1S/C19H17ClN2O3S2/c1-4-25-19(24)15-10(2)14-17(23)21-16(22-18(14)27-15)13(20)9-11-5-7-12(26-3)8-6-11/h5-9H,4H2,1-3H3,(H,21,22,23)/b13-9-. The Labute approximate surface area is 169 Å². The van der Waals surface area contributed by atoms with Crippen LogP contribution in [0, 0.1) is 6.92 Å². The number of fused-ring (bicyclic) bond motifs is 1. The van der Waals surface area contributed by atoms with Crippen LogP contribution in [0.15, 0.2) is 34.0 Å². The smallest absolute Gasteiger partial charge is 0.348 e. The maximum atomic E-state index is 12.5. The van der Waals surface area contributed by atoms with Crippen molar-refractivity contribution in [2.24, 2.45) is 0 Å². The van der Waals surface area contributed by atoms with Gasteiger partial charge in [0.2, 0.25) is 0 Å². The summed E-state index contributed by atoms with van der Waals surface area (Å²) in [5.74, 6) is -0.186. The molecule has 0 aliphatic carbocycles. The van der Waals surface area contributed by atoms with E-state index in [9.17, 15) is 9.59 Å². The summed E-state index contributed by atoms with van der Waals surface area (Å²) in [7, 11) is 0. The van der Waals surface area contributed by atoms with Crippen LogP contribution in [0.2, 0.25) is 0 Å². The summed E-state index contributed by atoms with van der Waals surface area (Å²) < 4.78 is 5.05. The van der Waals surface area contributed by atoms with Gasteiger partial charge in [0.25, 0.3) is 5.56 Å². The van der Waals surface area contributed by atoms with Gasteiger partial charge in [-0.05, 0) is 49.4 Å². The molecule has 3 aromatic rings. The van der Waals surface area contributed by atoms with Crippen molar-refractivity contribution < 1.29 is 9.53 Å². The van der Waals surface area contributed by atoms with E-state index < -0.39 is 5.97 Å². The van der Waals surface area contributed by atoms with Crippen LogP contribution in [0.25, 0.3) is 21.3 Å². The van der Waals surface area contributed by atoms with Crippen molar-refractivity contribution >= 4 is 62.0 Å². The van der Waals surface area contributed by atoms with Crippen molar-refractivity contribution in [3.05, 3.63) is 56.4 Å². The highest BCUT2D eigenvalue weighted by Crippen LogP contribution is 2.29. The molecule has 2 heterocycles. The first-order chi connectivity index (χ1) is 12.9. The van der Waals surface area contributed by atoms with Gasteiger partial charge in [-0.2, -0.15) is 0 Å². The summed E-state index contributed by atoms with van der Waals surface area (Å²) in [5, 5.41) is 0.704. The summed E-state index contributed by atoms with van der Waals surface area (Å²) in [6.45, 7) is 3.72. The Kier molecular flexibility index (Phi) is 6.04. The first kappa shape index (κ1) is 19.7. The zero-order valence-electron chi connectivity index (χ0n) is 15.0. The van der Waals surface area contributed by atoms with E-state index in [-0.39, 0.29) is 18.0 Å². The molecule has 1 aromatic carbocycles. The number of hydrogen-bond donors (Lipinski definition) is 1. The fourth-order valence-corrected chi connectivity index (χ4v) is 4.26. The molecule has 0 amide bonds. The quantitative estimate of drug-likeness (QED) is 0.468. The van der Waals surface area contributed by atoms with E-state index in [1.807, 2.05) is 30.5 Å². The second kappa shape index (κ2) is 8.29. The average Bonchev–Trinajstić information content (AvgIpc) is 2.99. The molecule has 0 saturated carbocycles. The molecule has 0 aliphatic rings. The molecule has 3 rings (SSSR count). The van der Waals surface area contributed by atoms with Crippen molar-refractivity contribution in [2.45, 2.75) is 18.7 Å². The minimum absolute atomic E-state index is 0.264. The van der Waals surface area contributed by atoms with Gasteiger partial charge in [0.1, 0.15) is 9.71 Å². The van der Waals surface area contributed by atoms with Crippen molar-refractivity contribution in [1.29, 1.82) is 0 Å². The maximum Gasteiger partial charge on any atom is 0.348 e. The molecule has 1 N–H and O–H groups in total. The minimum atomic E-state index is -0.450. The number of nitrogens with zero attached hydrogens (tertiary/aromatic N) is 1. The number of carbonyl (C=O) groups is 1. The second-order valence-electron chi connectivity index (χ2n) is 5.64. The van der Waals surface area contributed by atoms with Crippen LogP contribution in [0.1, 0.15) is 33.5 Å². The lowest BCUT2D eigenvalue weighted by molar-refractivity contribution is 0.0531. The summed E-state index contributed by atoms with van der Waals surface area (Å²) in [4.78, 5) is 33.7. The van der Waals surface area contributed by atoms with E-state index in [0.717, 1.165) is 21.8 Å². The van der Waals surface area contributed by atoms with E-state index in [4.69, 9.17) is 16.3 Å². The summed E-state index contributed by atoms with van der Waals surface area (Å²) in [5.41, 5.74) is 1.14. The first-order valence-corrected chi connectivity index (χ1v) is 10.6. The molecule has 0 atom stereocenters. The number of benzene rings is 1. The Balaban J connectivity index is 2.03. The number of hydrogen-bond acceptors (Lipinski definition) is 6. The largest absolute Gasteiger partial charge is 0.462 e. The van der Waals surface area contributed by atoms with Crippen LogP contribution in [-0.4, -0.2) is 28.8 Å². The summed E-state index contributed by atoms with van der Waals surface area (Å²) in [6, 6.07) is 7.88. The third-order valence-electron chi connectivity index (χ3n) is 3.90. The number of ether oxygens (including phenoxy) is 1. The normalized spacial score (nSPS) is 11.8. The van der Waals surface area contributed by atoms with Gasteiger partial charge in [-0.3, -0.25) is 4.79 Å². The average molecular weight is 421 g/mol. The lowest BCUT2D eigenvalue weighted by atomic mass is 10.2. The van der Waals surface area contributed by atoms with Gasteiger partial charge in [-0.15, -0.1) is 23.1 Å². The number of esters is 1. The highest BCUT2D eigenvalue weighted by atomic mass is 35.5. The summed E-state index contributed by atoms with van der Waals surface area (Å²) in [6.07, 6.45) is 3.75. The van der Waals surface area contributed by atoms with Crippen LogP contribution in [0.4, 0.5) is 0 Å². The molecule has 0 unspecified atom stereocenters. The highest BCUT2D eigenvalue weighted by Gasteiger charge is 2.20. The molecular weight excluding hydrogens is 404 g/mol. The van der Waals surface area contributed by atoms with Crippen LogP contribution in [0.3, 0.4) is 0 Å². The fourth-order valence-electron chi connectivity index (χ4n) is 2.56. The number of aromatic amines is 1. The van der Waals surface area contributed by atoms with E-state index in [1.54, 1.807) is 31.7 Å². The number of thioether (sulfide) groups is 1. The lowest BCUT2D eigenvalue weighted by Gasteiger charge is -2.01. The molecule has 8 heteroatoms. The van der Waals surface area contributed by atoms with Gasteiger partial charge in [-0.1, -0.05) is 23.7 Å². The van der Waals surface area contributed by atoms with Gasteiger partial charge < -0.3 is 9.72 Å². The van der Waals surface area contributed by atoms with Crippen molar-refractivity contribution in [3.63, 3.8) is 0 Å². The first-order valence-electron chi connectivity index (χ1n) is 8.16. The number of halogens is 1. The number of carbonyl (C=O) groups excluding carboxylic acids is 1. The zero-order valence-corrected chi connectivity index (χ0v) is 17.3. The van der Waals surface area contributed by atoms with E-state index in [1.165, 1.54) is 0 Å². The fraction of sp³-hybridized carbons (Fsp3) is 0.211. The van der Waals surface area contributed by atoms with Gasteiger partial charge in [0, 0.05) is 4.90 Å². The van der Waals surface area contributed by atoms with Crippen molar-refractivity contribution in [2.75, 3.05) is 12.9 Å². The predicted molar refractivity (Wildman–Crippen MR) is 113 cm³/mol. The van der Waals surface area contributed by atoms with Crippen LogP contribution in [-0.2, 0) is 4.74 Å². The Bertz CT molecular complexity index is 1080. The Hall–Kier alpha value is -2.09. The molecular formula is C19H17ClN2O3S2. The van der Waals surface area contributed by atoms with E-state index >= 15 is 0 Å². The van der Waals surface area contributed by atoms with Crippen LogP contribution >= 0.6 is 34.7 Å². The molecule has 0 aliphatic heterocycles. The highest BCUT2D eigenvalue weighted by molar-refractivity contribution is 7.98. The van der Waals surface area contributed by atoms with Gasteiger partial charge in [-0.25, -0.2) is 9.78 Å². The minimum Gasteiger partial charge on any atom is -0.462 e. The molecule has 27 heavy (non-hydrogen) atoms. The number of aryl methyl sites for hydroxylation is 1. The van der Waals surface area contributed by atoms with Gasteiger partial charge in [0.15, 0.2) is 5.82 Å². The van der Waals surface area contributed by atoms with E-state index in [0.29, 0.717) is 25.7 Å². The molecule has 2 aromatic heterocycles. The molecule has 140 valence electrons. The van der Waals surface area contributed by atoms with Crippen LogP contribution in [0.5, 0.6) is 0 Å². The molecule has 0 saturated heterocycles. The molecule has 5 nitrogen and oxygen atoms in total. The SMILES string of the molecule is CCOC(=O)c1sc2nc(/C(Cl)=C/c3ccc(SC)cc3)[nH]c(=O)c2c1C. The Morgan fingerprint density at radius 3 is 2.70 bits per heavy atom. The Morgan fingerprint density at radius 2 is 2.07 bits per heavy atom. The third-order valence-corrected chi connectivity index (χ3v) is 6.09. The molecule has 0 spiro atoms. The van der Waals surface area contributed by atoms with Gasteiger partial charge in [0.05, 0.1) is 17.0 Å². The van der Waals surface area contributed by atoms with Gasteiger partial charge >= 0.3 is 5.97 Å². The maximum absolute atomic E-state index is 12.5. The number of nitrogens with one attached hydrogen (secondary N) is 1. The third kappa shape index (κ3) is 4.10. The predicted octanol–water partition coefficient (Wildman–Crippen LogP) is 4.93. The molecule has 0 fully saturated rings. The Morgan fingerprint density at radius 1 is 1.37 bits per heavy atom. The number of aromatic nitrogens is 2. The number of thiophene rings is 1. The van der Waals surface area contributed by atoms with Crippen molar-refractivity contribution in [3.8, 4) is 0 Å². The van der Waals surface area contributed by atoms with E-state index in [2.05, 4.69) is 9.97 Å². The van der Waals surface area contributed by atoms with Crippen molar-refractivity contribution in [1.82, 2.24) is 9.97 Å². The summed E-state index contributed by atoms with van der Waals surface area (Å²) >= 11 is 9.17. The number of H-pyrrole nitrogens is 1. The number of rotatable bonds is 5. The van der Waals surface area contributed by atoms with Crippen LogP contribution < -0.4 is 5.56 Å². The monoisotopic (exact) mass is 420 g/mol. The molecule has 0 radical (unpaired) electrons. The zero-order chi connectivity index (χ0) is 19.6. The topological polar surface area (TPSA) is 72.0 Å². The second-order valence-corrected chi connectivity index (χ2v) is 7.92.